The van der Waals surface area contributed by atoms with Crippen molar-refractivity contribution in [2.45, 2.75) is 38.8 Å². The number of amides is 1. The van der Waals surface area contributed by atoms with Gasteiger partial charge in [-0.25, -0.2) is 0 Å². The number of hydrogen-bond donors (Lipinski definition) is 2. The highest BCUT2D eigenvalue weighted by molar-refractivity contribution is 6.02. The topological polar surface area (TPSA) is 67.6 Å². The smallest absolute Gasteiger partial charge is 0.245 e. The Morgan fingerprint density at radius 1 is 1.38 bits per heavy atom. The Morgan fingerprint density at radius 3 is 2.71 bits per heavy atom. The van der Waals surface area contributed by atoms with E-state index in [9.17, 15) is 4.79 Å². The van der Waals surface area contributed by atoms with E-state index in [0.29, 0.717) is 12.6 Å². The molecule has 0 bridgehead atoms. The van der Waals surface area contributed by atoms with Gasteiger partial charge in [-0.05, 0) is 25.0 Å². The summed E-state index contributed by atoms with van der Waals surface area (Å²) in [6.07, 6.45) is 2.15. The van der Waals surface area contributed by atoms with Crippen molar-refractivity contribution in [3.05, 3.63) is 23.8 Å². The lowest BCUT2D eigenvalue weighted by Crippen LogP contribution is -2.37. The number of methoxy groups -OCH3 is 1. The van der Waals surface area contributed by atoms with Gasteiger partial charge >= 0.3 is 0 Å². The summed E-state index contributed by atoms with van der Waals surface area (Å²) < 4.78 is 5.23. The van der Waals surface area contributed by atoms with Gasteiger partial charge in [-0.15, -0.1) is 0 Å². The second-order valence-corrected chi connectivity index (χ2v) is 5.39. The fraction of sp³-hybridized carbons (Fsp3) is 0.562. The Balaban J connectivity index is 2.28. The summed E-state index contributed by atoms with van der Waals surface area (Å²) in [7, 11) is 1.72. The number of nitrogens with two attached hydrogens (primary N) is 1. The summed E-state index contributed by atoms with van der Waals surface area (Å²) in [6.45, 7) is 5.90. The van der Waals surface area contributed by atoms with Gasteiger partial charge in [-0.1, -0.05) is 19.9 Å². The highest BCUT2D eigenvalue weighted by Gasteiger charge is 2.28. The molecular formula is C16H25N3O2. The quantitative estimate of drug-likeness (QED) is 0.809. The fourth-order valence-electron chi connectivity index (χ4n) is 2.90. The molecule has 1 aromatic carbocycles. The number of hydrogen-bond acceptors (Lipinski definition) is 4. The summed E-state index contributed by atoms with van der Waals surface area (Å²) in [5, 5.41) is 2.85. The van der Waals surface area contributed by atoms with Crippen molar-refractivity contribution < 1.29 is 9.53 Å². The zero-order valence-corrected chi connectivity index (χ0v) is 13.1. The summed E-state index contributed by atoms with van der Waals surface area (Å²) in [5.74, 6) is -0.131. The number of nitrogens with one attached hydrogen (secondary N) is 1. The van der Waals surface area contributed by atoms with E-state index >= 15 is 0 Å². The van der Waals surface area contributed by atoms with Crippen LogP contribution in [0.1, 0.15) is 38.3 Å². The minimum absolute atomic E-state index is 0.131. The lowest BCUT2D eigenvalue weighted by Gasteiger charge is -2.33. The molecule has 1 atom stereocenters. The largest absolute Gasteiger partial charge is 0.383 e. The lowest BCUT2D eigenvalue weighted by molar-refractivity contribution is -0.116. The molecule has 0 fully saturated rings. The van der Waals surface area contributed by atoms with Gasteiger partial charge < -0.3 is 20.7 Å². The molecule has 0 aromatic heterocycles. The minimum Gasteiger partial charge on any atom is -0.383 e. The third kappa shape index (κ3) is 3.19. The van der Waals surface area contributed by atoms with Crippen LogP contribution in [0.5, 0.6) is 0 Å². The van der Waals surface area contributed by atoms with Crippen molar-refractivity contribution in [1.82, 2.24) is 0 Å². The number of rotatable bonds is 7. The average molecular weight is 291 g/mol. The molecule has 5 heteroatoms. The number of carbonyl (C=O) groups is 1. The van der Waals surface area contributed by atoms with E-state index in [0.717, 1.165) is 36.3 Å². The van der Waals surface area contributed by atoms with Crippen molar-refractivity contribution in [3.8, 4) is 0 Å². The predicted molar refractivity (Wildman–Crippen MR) is 85.6 cm³/mol. The normalized spacial score (nSPS) is 17.0. The Labute approximate surface area is 126 Å². The van der Waals surface area contributed by atoms with Crippen LogP contribution in [0.25, 0.3) is 0 Å². The SMILES string of the molecule is CCC(CC)N(CCOC)c1ccc2c(c1)NC(=O)C2N. The van der Waals surface area contributed by atoms with Crippen LogP contribution in [-0.4, -0.2) is 32.2 Å². The molecule has 1 unspecified atom stereocenters. The third-order valence-corrected chi connectivity index (χ3v) is 4.16. The standard InChI is InChI=1S/C16H25N3O2/c1-4-11(5-2)19(8-9-21-3)12-6-7-13-14(10-12)18-16(20)15(13)17/h6-7,10-11,15H,4-5,8-9,17H2,1-3H3,(H,18,20). The van der Waals surface area contributed by atoms with Crippen LogP contribution in [0.4, 0.5) is 11.4 Å². The van der Waals surface area contributed by atoms with Gasteiger partial charge in [0.25, 0.3) is 0 Å². The number of ether oxygens (including phenoxy) is 1. The van der Waals surface area contributed by atoms with Crippen LogP contribution in [-0.2, 0) is 9.53 Å². The lowest BCUT2D eigenvalue weighted by atomic mass is 10.1. The molecule has 5 nitrogen and oxygen atoms in total. The van der Waals surface area contributed by atoms with Crippen molar-refractivity contribution in [2.75, 3.05) is 30.5 Å². The predicted octanol–water partition coefficient (Wildman–Crippen LogP) is 2.28. The van der Waals surface area contributed by atoms with Crippen molar-refractivity contribution in [1.29, 1.82) is 0 Å². The van der Waals surface area contributed by atoms with E-state index in [4.69, 9.17) is 10.5 Å². The van der Waals surface area contributed by atoms with E-state index in [2.05, 4.69) is 24.1 Å². The molecule has 0 saturated heterocycles. The van der Waals surface area contributed by atoms with E-state index in [1.807, 2.05) is 18.2 Å². The van der Waals surface area contributed by atoms with Crippen molar-refractivity contribution >= 4 is 17.3 Å². The number of fused-ring (bicyclic) bond motifs is 1. The first-order valence-corrected chi connectivity index (χ1v) is 7.58. The van der Waals surface area contributed by atoms with Crippen LogP contribution in [0, 0.1) is 0 Å². The summed E-state index contributed by atoms with van der Waals surface area (Å²) in [6, 6.07) is 5.94. The Morgan fingerprint density at radius 2 is 2.10 bits per heavy atom. The molecule has 21 heavy (non-hydrogen) atoms. The maximum atomic E-state index is 11.7. The number of carbonyl (C=O) groups excluding carboxylic acids is 1. The van der Waals surface area contributed by atoms with Gasteiger partial charge in [0.1, 0.15) is 6.04 Å². The van der Waals surface area contributed by atoms with Crippen LogP contribution in [0.15, 0.2) is 18.2 Å². The molecule has 116 valence electrons. The van der Waals surface area contributed by atoms with Gasteiger partial charge in [0.2, 0.25) is 5.91 Å². The van der Waals surface area contributed by atoms with Gasteiger partial charge in [-0.3, -0.25) is 4.79 Å². The van der Waals surface area contributed by atoms with Gasteiger partial charge in [0.15, 0.2) is 0 Å². The first-order chi connectivity index (χ1) is 10.1. The molecule has 1 aromatic rings. The molecule has 1 heterocycles. The van der Waals surface area contributed by atoms with Gasteiger partial charge in [0, 0.05) is 36.6 Å². The Hall–Kier alpha value is -1.59. The fourth-order valence-corrected chi connectivity index (χ4v) is 2.90. The molecule has 0 saturated carbocycles. The number of benzene rings is 1. The van der Waals surface area contributed by atoms with Crippen LogP contribution < -0.4 is 16.0 Å². The zero-order valence-electron chi connectivity index (χ0n) is 13.1. The second kappa shape index (κ2) is 6.91. The van der Waals surface area contributed by atoms with Crippen LogP contribution in [0.3, 0.4) is 0 Å². The van der Waals surface area contributed by atoms with Gasteiger partial charge in [0.05, 0.1) is 6.61 Å². The number of anilines is 2. The summed E-state index contributed by atoms with van der Waals surface area (Å²) >= 11 is 0. The third-order valence-electron chi connectivity index (χ3n) is 4.16. The van der Waals surface area contributed by atoms with Crippen molar-refractivity contribution in [2.24, 2.45) is 5.73 Å². The van der Waals surface area contributed by atoms with Gasteiger partial charge in [-0.2, -0.15) is 0 Å². The molecular weight excluding hydrogens is 266 g/mol. The maximum Gasteiger partial charge on any atom is 0.245 e. The first-order valence-electron chi connectivity index (χ1n) is 7.58. The van der Waals surface area contributed by atoms with Crippen molar-refractivity contribution in [3.63, 3.8) is 0 Å². The Kier molecular flexibility index (Phi) is 5.20. The highest BCUT2D eigenvalue weighted by atomic mass is 16.5. The highest BCUT2D eigenvalue weighted by Crippen LogP contribution is 2.33. The monoisotopic (exact) mass is 291 g/mol. The zero-order chi connectivity index (χ0) is 15.4. The maximum absolute atomic E-state index is 11.7. The molecule has 0 spiro atoms. The van der Waals surface area contributed by atoms with E-state index in [-0.39, 0.29) is 5.91 Å². The Bertz CT molecular complexity index is 500. The van der Waals surface area contributed by atoms with E-state index < -0.39 is 6.04 Å². The second-order valence-electron chi connectivity index (χ2n) is 5.39. The first kappa shape index (κ1) is 15.8. The molecule has 0 aliphatic carbocycles. The van der Waals surface area contributed by atoms with Crippen LogP contribution in [0.2, 0.25) is 0 Å². The molecule has 0 radical (unpaired) electrons. The summed E-state index contributed by atoms with van der Waals surface area (Å²) in [4.78, 5) is 14.0. The molecule has 1 aliphatic heterocycles. The van der Waals surface area contributed by atoms with Crippen LogP contribution >= 0.6 is 0 Å². The average Bonchev–Trinajstić information content (AvgIpc) is 2.78. The molecule has 2 rings (SSSR count). The number of nitrogens with zero attached hydrogens (tertiary/aromatic N) is 1. The summed E-state index contributed by atoms with van der Waals surface area (Å²) in [5.41, 5.74) is 8.68. The minimum atomic E-state index is -0.547. The molecule has 1 amide bonds. The van der Waals surface area contributed by atoms with E-state index in [1.165, 1.54) is 0 Å². The molecule has 1 aliphatic rings. The van der Waals surface area contributed by atoms with E-state index in [1.54, 1.807) is 7.11 Å². The molecule has 3 N–H and O–H groups in total.